The van der Waals surface area contributed by atoms with Gasteiger partial charge in [0.25, 0.3) is 0 Å². The van der Waals surface area contributed by atoms with E-state index in [9.17, 15) is 0 Å². The Bertz CT molecular complexity index is 3040. The van der Waals surface area contributed by atoms with Gasteiger partial charge in [-0.3, -0.25) is 0 Å². The van der Waals surface area contributed by atoms with E-state index in [-0.39, 0.29) is 0 Å². The Kier molecular flexibility index (Phi) is 6.87. The number of aromatic nitrogens is 3. The molecule has 0 aliphatic carbocycles. The number of benzene rings is 7. The lowest BCUT2D eigenvalue weighted by Gasteiger charge is -2.13. The van der Waals surface area contributed by atoms with Crippen molar-refractivity contribution in [3.05, 3.63) is 189 Å². The van der Waals surface area contributed by atoms with Crippen molar-refractivity contribution in [1.82, 2.24) is 13.7 Å². The minimum atomic E-state index is 1.02. The van der Waals surface area contributed by atoms with E-state index in [1.165, 1.54) is 71.2 Å². The van der Waals surface area contributed by atoms with Crippen molar-refractivity contribution in [2.45, 2.75) is 6.92 Å². The molecule has 0 saturated heterocycles. The zero-order chi connectivity index (χ0) is 34.8. The van der Waals surface area contributed by atoms with E-state index in [0.29, 0.717) is 0 Å². The highest BCUT2D eigenvalue weighted by molar-refractivity contribution is 6.14. The molecule has 3 nitrogen and oxygen atoms in total. The molecular weight excluding hydrogens is 631 g/mol. The van der Waals surface area contributed by atoms with E-state index in [4.69, 9.17) is 0 Å². The van der Waals surface area contributed by atoms with Crippen molar-refractivity contribution in [3.63, 3.8) is 0 Å². The molecule has 10 aromatic rings. The van der Waals surface area contributed by atoms with Crippen LogP contribution in [0, 0.1) is 0 Å². The SMILES string of the molecule is C=C/C(=C\C(=C/C)n1c2ccccc2c2ccccc21)n1c2ccccc2c2cc(-c3ccc4c(c3)c3ccccc3n4-c3ccccc3)ccc21. The Morgan fingerprint density at radius 3 is 1.38 bits per heavy atom. The van der Waals surface area contributed by atoms with Crippen molar-refractivity contribution in [3.8, 4) is 16.8 Å². The summed E-state index contributed by atoms with van der Waals surface area (Å²) in [6.45, 7) is 6.45. The summed E-state index contributed by atoms with van der Waals surface area (Å²) >= 11 is 0. The van der Waals surface area contributed by atoms with Crippen LogP contribution in [-0.4, -0.2) is 13.7 Å². The molecular formula is C49H35N3. The van der Waals surface area contributed by atoms with Crippen LogP contribution in [0.3, 0.4) is 0 Å². The molecule has 0 unspecified atom stereocenters. The van der Waals surface area contributed by atoms with E-state index in [1.54, 1.807) is 0 Å². The number of fused-ring (bicyclic) bond motifs is 9. The maximum Gasteiger partial charge on any atom is 0.0541 e. The van der Waals surface area contributed by atoms with Gasteiger partial charge in [-0.15, -0.1) is 0 Å². The highest BCUT2D eigenvalue weighted by Gasteiger charge is 2.17. The highest BCUT2D eigenvalue weighted by atomic mass is 15.0. The Morgan fingerprint density at radius 1 is 0.423 bits per heavy atom. The average molecular weight is 666 g/mol. The lowest BCUT2D eigenvalue weighted by Crippen LogP contribution is -1.99. The fourth-order valence-electron chi connectivity index (χ4n) is 8.28. The third kappa shape index (κ3) is 4.46. The molecule has 0 atom stereocenters. The molecule has 0 spiro atoms. The van der Waals surface area contributed by atoms with Gasteiger partial charge in [-0.25, -0.2) is 0 Å². The van der Waals surface area contributed by atoms with Crippen molar-refractivity contribution in [2.24, 2.45) is 0 Å². The van der Waals surface area contributed by atoms with Crippen LogP contribution >= 0.6 is 0 Å². The third-order valence-corrected chi connectivity index (χ3v) is 10.6. The fourth-order valence-corrected chi connectivity index (χ4v) is 8.28. The standard InChI is InChI=1S/C49H35N3/c1-3-35(50-44-22-12-8-18-38(44)39-19-9-13-23-45(39)50)32-36(4-2)51-46-24-14-10-20-40(46)42-30-33(26-28-48(42)51)34-27-29-49-43(31-34)41-21-11-15-25-47(41)52(49)37-16-6-5-7-17-37/h3-32H,2H2,1H3/b35-3+,36-32+. The maximum absolute atomic E-state index is 4.34. The van der Waals surface area contributed by atoms with Gasteiger partial charge in [0.1, 0.15) is 0 Å². The molecule has 0 bridgehead atoms. The van der Waals surface area contributed by atoms with Crippen LogP contribution in [0.5, 0.6) is 0 Å². The Hall–Kier alpha value is -6.84. The zero-order valence-corrected chi connectivity index (χ0v) is 28.9. The molecule has 10 rings (SSSR count). The summed E-state index contributed by atoms with van der Waals surface area (Å²) in [4.78, 5) is 0. The molecule has 246 valence electrons. The van der Waals surface area contributed by atoms with E-state index in [1.807, 2.05) is 6.08 Å². The number of para-hydroxylation sites is 5. The highest BCUT2D eigenvalue weighted by Crippen LogP contribution is 2.39. The number of hydrogen-bond donors (Lipinski definition) is 0. The van der Waals surface area contributed by atoms with Crippen molar-refractivity contribution in [2.75, 3.05) is 0 Å². The van der Waals surface area contributed by atoms with Gasteiger partial charge >= 0.3 is 0 Å². The molecule has 3 heteroatoms. The fraction of sp³-hybridized carbons (Fsp3) is 0.0204. The summed E-state index contributed by atoms with van der Waals surface area (Å²) in [5.74, 6) is 0. The predicted molar refractivity (Wildman–Crippen MR) is 223 cm³/mol. The third-order valence-electron chi connectivity index (χ3n) is 10.6. The Balaban J connectivity index is 1.14. The summed E-state index contributed by atoms with van der Waals surface area (Å²) in [6, 6.07) is 59.2. The van der Waals surface area contributed by atoms with Gasteiger partial charge in [-0.2, -0.15) is 0 Å². The van der Waals surface area contributed by atoms with Crippen molar-refractivity contribution in [1.29, 1.82) is 0 Å². The maximum atomic E-state index is 4.34. The van der Waals surface area contributed by atoms with E-state index in [0.717, 1.165) is 22.4 Å². The summed E-state index contributed by atoms with van der Waals surface area (Å²) in [6.07, 6.45) is 6.44. The van der Waals surface area contributed by atoms with Gasteiger partial charge in [0.15, 0.2) is 0 Å². The van der Waals surface area contributed by atoms with Gasteiger partial charge in [0.05, 0.1) is 33.1 Å². The van der Waals surface area contributed by atoms with Crippen LogP contribution in [0.15, 0.2) is 189 Å². The topological polar surface area (TPSA) is 14.8 Å². The molecule has 0 radical (unpaired) electrons. The predicted octanol–water partition coefficient (Wildman–Crippen LogP) is 13.3. The molecule has 0 aliphatic rings. The van der Waals surface area contributed by atoms with Crippen molar-refractivity contribution >= 4 is 76.8 Å². The molecule has 3 heterocycles. The van der Waals surface area contributed by atoms with Crippen LogP contribution < -0.4 is 0 Å². The molecule has 0 N–H and O–H groups in total. The summed E-state index contributed by atoms with van der Waals surface area (Å²) in [7, 11) is 0. The molecule has 3 aromatic heterocycles. The van der Waals surface area contributed by atoms with Gasteiger partial charge in [-0.1, -0.05) is 116 Å². The first kappa shape index (κ1) is 30.0. The lowest BCUT2D eigenvalue weighted by molar-refractivity contribution is 1.18. The largest absolute Gasteiger partial charge is 0.310 e. The number of hydrogen-bond acceptors (Lipinski definition) is 0. The first-order valence-corrected chi connectivity index (χ1v) is 17.8. The first-order chi connectivity index (χ1) is 25.7. The van der Waals surface area contributed by atoms with E-state index < -0.39 is 0 Å². The molecule has 7 aromatic carbocycles. The summed E-state index contributed by atoms with van der Waals surface area (Å²) in [5, 5.41) is 7.43. The Labute approximate surface area is 301 Å². The minimum absolute atomic E-state index is 1.02. The lowest BCUT2D eigenvalue weighted by atomic mass is 10.0. The molecule has 0 fully saturated rings. The number of rotatable bonds is 6. The molecule has 0 saturated carbocycles. The van der Waals surface area contributed by atoms with Crippen LogP contribution in [-0.2, 0) is 0 Å². The van der Waals surface area contributed by atoms with E-state index >= 15 is 0 Å². The van der Waals surface area contributed by atoms with Gasteiger partial charge < -0.3 is 13.7 Å². The quantitative estimate of drug-likeness (QED) is 0.157. The second-order valence-electron chi connectivity index (χ2n) is 13.4. The zero-order valence-electron chi connectivity index (χ0n) is 28.9. The molecule has 0 aliphatic heterocycles. The minimum Gasteiger partial charge on any atom is -0.310 e. The van der Waals surface area contributed by atoms with Crippen LogP contribution in [0.2, 0.25) is 0 Å². The number of allylic oxidation sites excluding steroid dienone is 5. The van der Waals surface area contributed by atoms with Crippen molar-refractivity contribution < 1.29 is 0 Å². The first-order valence-electron chi connectivity index (χ1n) is 17.8. The average Bonchev–Trinajstić information content (AvgIpc) is 3.84. The summed E-state index contributed by atoms with van der Waals surface area (Å²) in [5.41, 5.74) is 12.8. The summed E-state index contributed by atoms with van der Waals surface area (Å²) < 4.78 is 7.09. The second kappa shape index (κ2) is 11.9. The van der Waals surface area contributed by atoms with Gasteiger partial charge in [0, 0.05) is 49.4 Å². The van der Waals surface area contributed by atoms with E-state index in [2.05, 4.69) is 203 Å². The normalized spacial score (nSPS) is 12.6. The van der Waals surface area contributed by atoms with Gasteiger partial charge in [0.2, 0.25) is 0 Å². The number of nitrogens with zero attached hydrogens (tertiary/aromatic N) is 3. The van der Waals surface area contributed by atoms with Crippen LogP contribution in [0.25, 0.3) is 93.6 Å². The van der Waals surface area contributed by atoms with Gasteiger partial charge in [-0.05, 0) is 90.9 Å². The smallest absolute Gasteiger partial charge is 0.0541 e. The second-order valence-corrected chi connectivity index (χ2v) is 13.4. The van der Waals surface area contributed by atoms with Crippen LogP contribution in [0.1, 0.15) is 6.92 Å². The van der Waals surface area contributed by atoms with Crippen LogP contribution in [0.4, 0.5) is 0 Å². The molecule has 52 heavy (non-hydrogen) atoms. The Morgan fingerprint density at radius 2 is 0.827 bits per heavy atom. The molecule has 0 amide bonds. The monoisotopic (exact) mass is 665 g/mol.